The van der Waals surface area contributed by atoms with Gasteiger partial charge < -0.3 is 5.73 Å². The van der Waals surface area contributed by atoms with Crippen LogP contribution in [0.25, 0.3) is 6.08 Å². The Kier molecular flexibility index (Phi) is 2.01. The molecule has 13 heavy (non-hydrogen) atoms. The third kappa shape index (κ3) is 1.31. The molecule has 2 N–H and O–H groups in total. The monoisotopic (exact) mass is 174 g/mol. The smallest absolute Gasteiger partial charge is 0.299 e. The number of rotatable bonds is 2. The average molecular weight is 174 g/mol. The zero-order chi connectivity index (χ0) is 9.26. The summed E-state index contributed by atoms with van der Waals surface area (Å²) in [5.74, 6) is 0.862. The van der Waals surface area contributed by atoms with Gasteiger partial charge in [-0.15, -0.1) is 0 Å². The zero-order valence-corrected chi connectivity index (χ0v) is 7.58. The van der Waals surface area contributed by atoms with Gasteiger partial charge in [-0.1, -0.05) is 6.92 Å². The minimum Gasteiger partial charge on any atom is -0.323 e. The number of benzene rings is 1. The first-order valence-corrected chi connectivity index (χ1v) is 4.47. The Bertz CT molecular complexity index is 344. The molecule has 1 aliphatic heterocycles. The van der Waals surface area contributed by atoms with E-state index in [4.69, 9.17) is 10.5 Å². The second-order valence-electron chi connectivity index (χ2n) is 3.14. The third-order valence-electron chi connectivity index (χ3n) is 2.31. The summed E-state index contributed by atoms with van der Waals surface area (Å²) >= 11 is 0. The molecule has 1 aromatic carbocycles. The van der Waals surface area contributed by atoms with Crippen molar-refractivity contribution in [1.82, 2.24) is 0 Å². The first kappa shape index (κ1) is 8.24. The molecular formula is C11H12NO+. The lowest BCUT2D eigenvalue weighted by atomic mass is 9.99. The molecule has 1 heterocycles. The quantitative estimate of drug-likeness (QED) is 0.698. The first-order valence-electron chi connectivity index (χ1n) is 4.47. The average Bonchev–Trinajstić information content (AvgIpc) is 2.63. The van der Waals surface area contributed by atoms with Gasteiger partial charge in [0, 0.05) is 11.6 Å². The van der Waals surface area contributed by atoms with Crippen LogP contribution in [-0.4, -0.2) is 0 Å². The lowest BCUT2D eigenvalue weighted by Gasteiger charge is -2.06. The summed E-state index contributed by atoms with van der Waals surface area (Å²) in [6, 6.07) is 6.02. The van der Waals surface area contributed by atoms with Crippen molar-refractivity contribution in [2.75, 3.05) is 0 Å². The molecule has 2 rings (SSSR count). The van der Waals surface area contributed by atoms with E-state index in [2.05, 4.69) is 13.2 Å². The van der Waals surface area contributed by atoms with Gasteiger partial charge in [-0.05, 0) is 18.6 Å². The zero-order valence-electron chi connectivity index (χ0n) is 7.58. The minimum atomic E-state index is 0.0923. The van der Waals surface area contributed by atoms with E-state index >= 15 is 0 Å². The van der Waals surface area contributed by atoms with Gasteiger partial charge in [-0.3, -0.25) is 4.74 Å². The highest BCUT2D eigenvalue weighted by molar-refractivity contribution is 5.63. The van der Waals surface area contributed by atoms with E-state index in [0.29, 0.717) is 0 Å². The van der Waals surface area contributed by atoms with Crippen LogP contribution in [0.4, 0.5) is 0 Å². The molecule has 0 aromatic heterocycles. The van der Waals surface area contributed by atoms with E-state index in [-0.39, 0.29) is 6.04 Å². The molecule has 0 saturated carbocycles. The van der Waals surface area contributed by atoms with Crippen molar-refractivity contribution in [2.45, 2.75) is 19.4 Å². The minimum absolute atomic E-state index is 0.0923. The number of hydrogen-bond donors (Lipinski definition) is 1. The predicted molar refractivity (Wildman–Crippen MR) is 52.0 cm³/mol. The Balaban J connectivity index is 2.46. The van der Waals surface area contributed by atoms with Gasteiger partial charge in [-0.2, -0.15) is 0 Å². The van der Waals surface area contributed by atoms with Crippen LogP contribution in [0.1, 0.15) is 30.5 Å². The standard InChI is InChI=1S/C11H12NO/c1-2-10(12)8-4-3-5-11-9(8)6-7-13-11/h3-6,10H,2,12H2,1H3/q+1. The van der Waals surface area contributed by atoms with Gasteiger partial charge in [0.15, 0.2) is 11.6 Å². The Morgan fingerprint density at radius 1 is 1.54 bits per heavy atom. The Morgan fingerprint density at radius 2 is 2.38 bits per heavy atom. The fourth-order valence-electron chi connectivity index (χ4n) is 1.50. The molecule has 0 saturated heterocycles. The van der Waals surface area contributed by atoms with Crippen molar-refractivity contribution in [3.63, 3.8) is 0 Å². The van der Waals surface area contributed by atoms with Crippen molar-refractivity contribution in [1.29, 1.82) is 0 Å². The number of fused-ring (bicyclic) bond motifs is 1. The fourth-order valence-corrected chi connectivity index (χ4v) is 1.50. The summed E-state index contributed by atoms with van der Waals surface area (Å²) in [5.41, 5.74) is 8.19. The van der Waals surface area contributed by atoms with Crippen LogP contribution >= 0.6 is 0 Å². The number of ether oxygens (including phenoxy) is 1. The molecule has 66 valence electrons. The van der Waals surface area contributed by atoms with Crippen LogP contribution in [0, 0.1) is 6.26 Å². The highest BCUT2D eigenvalue weighted by Gasteiger charge is 2.25. The van der Waals surface area contributed by atoms with Crippen molar-refractivity contribution < 1.29 is 4.74 Å². The van der Waals surface area contributed by atoms with E-state index in [0.717, 1.165) is 23.3 Å². The molecule has 1 aromatic rings. The molecule has 0 fully saturated rings. The maximum atomic E-state index is 5.96. The predicted octanol–water partition coefficient (Wildman–Crippen LogP) is 2.26. The van der Waals surface area contributed by atoms with Gasteiger partial charge in [0.05, 0.1) is 6.07 Å². The largest absolute Gasteiger partial charge is 0.323 e. The van der Waals surface area contributed by atoms with Crippen molar-refractivity contribution in [3.05, 3.63) is 35.6 Å². The van der Waals surface area contributed by atoms with Gasteiger partial charge in [-0.25, -0.2) is 0 Å². The van der Waals surface area contributed by atoms with Crippen LogP contribution in [-0.2, 0) is 0 Å². The summed E-state index contributed by atoms with van der Waals surface area (Å²) < 4.78 is 5.17. The van der Waals surface area contributed by atoms with Crippen molar-refractivity contribution in [2.24, 2.45) is 5.73 Å². The summed E-state index contributed by atoms with van der Waals surface area (Å²) in [6.07, 6.45) is 5.51. The van der Waals surface area contributed by atoms with Crippen molar-refractivity contribution in [3.8, 4) is 5.75 Å². The highest BCUT2D eigenvalue weighted by atomic mass is 16.5. The SMILES string of the molecule is CCC(N)c1cccc2c1C=[C+]O2. The molecule has 0 radical (unpaired) electrons. The maximum Gasteiger partial charge on any atom is 0.299 e. The van der Waals surface area contributed by atoms with Gasteiger partial charge >= 0.3 is 0 Å². The molecule has 2 heteroatoms. The van der Waals surface area contributed by atoms with Gasteiger partial charge in [0.25, 0.3) is 5.75 Å². The van der Waals surface area contributed by atoms with Crippen LogP contribution in [0.5, 0.6) is 5.75 Å². The van der Waals surface area contributed by atoms with E-state index in [1.165, 1.54) is 0 Å². The van der Waals surface area contributed by atoms with E-state index in [1.54, 1.807) is 0 Å². The molecule has 0 amide bonds. The maximum absolute atomic E-state index is 5.96. The molecule has 2 nitrogen and oxygen atoms in total. The summed E-state index contributed by atoms with van der Waals surface area (Å²) in [4.78, 5) is 0. The Labute approximate surface area is 78.0 Å². The van der Waals surface area contributed by atoms with E-state index in [9.17, 15) is 0 Å². The summed E-state index contributed by atoms with van der Waals surface area (Å²) in [6.45, 7) is 2.08. The second kappa shape index (κ2) is 3.17. The molecule has 1 unspecified atom stereocenters. The second-order valence-corrected chi connectivity index (χ2v) is 3.14. The first-order chi connectivity index (χ1) is 6.33. The summed E-state index contributed by atoms with van der Waals surface area (Å²) in [5, 5.41) is 0. The van der Waals surface area contributed by atoms with E-state index < -0.39 is 0 Å². The van der Waals surface area contributed by atoms with Crippen molar-refractivity contribution >= 4 is 6.08 Å². The summed E-state index contributed by atoms with van der Waals surface area (Å²) in [7, 11) is 0. The van der Waals surface area contributed by atoms with Crippen LogP contribution in [0.3, 0.4) is 0 Å². The lowest BCUT2D eigenvalue weighted by molar-refractivity contribution is 0.468. The topological polar surface area (TPSA) is 35.2 Å². The number of nitrogens with two attached hydrogens (primary N) is 1. The van der Waals surface area contributed by atoms with Crippen LogP contribution < -0.4 is 10.5 Å². The van der Waals surface area contributed by atoms with Crippen LogP contribution in [0.2, 0.25) is 0 Å². The normalized spacial score (nSPS) is 14.6. The Morgan fingerprint density at radius 3 is 3.15 bits per heavy atom. The molecule has 0 spiro atoms. The van der Waals surface area contributed by atoms with Crippen LogP contribution in [0.15, 0.2) is 18.2 Å². The van der Waals surface area contributed by atoms with Gasteiger partial charge in [0.1, 0.15) is 0 Å². The fraction of sp³-hybridized carbons (Fsp3) is 0.273. The molecule has 0 bridgehead atoms. The highest BCUT2D eigenvalue weighted by Crippen LogP contribution is 2.31. The molecule has 0 aliphatic carbocycles. The molecule has 1 aliphatic rings. The number of hydrogen-bond acceptors (Lipinski definition) is 2. The molecular weight excluding hydrogens is 162 g/mol. The van der Waals surface area contributed by atoms with E-state index in [1.807, 2.05) is 24.3 Å². The van der Waals surface area contributed by atoms with Gasteiger partial charge in [0.2, 0.25) is 6.26 Å². The third-order valence-corrected chi connectivity index (χ3v) is 2.31. The lowest BCUT2D eigenvalue weighted by Crippen LogP contribution is -2.09. The molecule has 1 atom stereocenters. The Hall–Kier alpha value is -1.37.